The first-order valence-corrected chi connectivity index (χ1v) is 14.1. The van der Waals surface area contributed by atoms with Crippen LogP contribution in [0.4, 0.5) is 18.9 Å². The Kier molecular flexibility index (Phi) is 9.98. The van der Waals surface area contributed by atoms with Gasteiger partial charge in [0, 0.05) is 53.5 Å². The molecule has 3 rings (SSSR count). The summed E-state index contributed by atoms with van der Waals surface area (Å²) in [6.45, 7) is 3.90. The number of benzene rings is 2. The lowest BCUT2D eigenvalue weighted by Gasteiger charge is -2.26. The maximum absolute atomic E-state index is 13.2. The number of rotatable bonds is 10. The van der Waals surface area contributed by atoms with E-state index in [-0.39, 0.29) is 33.3 Å². The zero-order chi connectivity index (χ0) is 24.6. The summed E-state index contributed by atoms with van der Waals surface area (Å²) >= 11 is 1.26. The molecule has 0 aliphatic carbocycles. The molecule has 2 aromatic rings. The van der Waals surface area contributed by atoms with Crippen LogP contribution in [0.5, 0.6) is 0 Å². The number of alkyl halides is 3. The number of nitrogens with one attached hydrogen (secondary N) is 1. The van der Waals surface area contributed by atoms with Crippen LogP contribution in [0.3, 0.4) is 0 Å². The van der Waals surface area contributed by atoms with Crippen molar-refractivity contribution >= 4 is 39.2 Å². The molecular weight excluding hydrogens is 507 g/mol. The highest BCUT2D eigenvalue weighted by Gasteiger charge is 2.31. The van der Waals surface area contributed by atoms with Crippen LogP contribution in [0, 0.1) is 0 Å². The Bertz CT molecular complexity index is 1020. The van der Waals surface area contributed by atoms with E-state index in [2.05, 4.69) is 10.2 Å². The molecule has 0 bridgehead atoms. The third-order valence-corrected chi connectivity index (χ3v) is 8.04. The highest BCUT2D eigenvalue weighted by atomic mass is 32.2. The van der Waals surface area contributed by atoms with Crippen molar-refractivity contribution in [1.29, 1.82) is 0 Å². The second-order valence-electron chi connectivity index (χ2n) is 7.81. The summed E-state index contributed by atoms with van der Waals surface area (Å²) < 4.78 is 68.6. The Morgan fingerprint density at radius 2 is 1.88 bits per heavy atom. The van der Waals surface area contributed by atoms with Gasteiger partial charge in [-0.2, -0.15) is 13.2 Å². The normalized spacial score (nSPS) is 16.7. The first-order valence-electron chi connectivity index (χ1n) is 10.8. The highest BCUT2D eigenvalue weighted by Crippen LogP contribution is 2.41. The van der Waals surface area contributed by atoms with Gasteiger partial charge in [-0.25, -0.2) is 13.6 Å². The maximum Gasteiger partial charge on any atom is 0.446 e. The van der Waals surface area contributed by atoms with Crippen molar-refractivity contribution in [2.45, 2.75) is 39.1 Å². The molecule has 1 aliphatic heterocycles. The van der Waals surface area contributed by atoms with E-state index >= 15 is 0 Å². The van der Waals surface area contributed by atoms with Gasteiger partial charge in [0.1, 0.15) is 0 Å². The van der Waals surface area contributed by atoms with Crippen molar-refractivity contribution in [1.82, 2.24) is 4.90 Å². The number of thioether (sulfide) groups is 2. The van der Waals surface area contributed by atoms with Crippen molar-refractivity contribution in [2.75, 3.05) is 43.9 Å². The third-order valence-electron chi connectivity index (χ3n) is 5.17. The smallest absolute Gasteiger partial charge is 0.381 e. The number of ether oxygens (including phenoxy) is 1. The summed E-state index contributed by atoms with van der Waals surface area (Å²) in [5.41, 5.74) is -4.35. The molecule has 0 spiro atoms. The Hall–Kier alpha value is -1.44. The predicted molar refractivity (Wildman–Crippen MR) is 131 cm³/mol. The van der Waals surface area contributed by atoms with Crippen LogP contribution in [-0.4, -0.2) is 63.5 Å². The maximum atomic E-state index is 13.2. The minimum atomic E-state index is -4.58. The first-order chi connectivity index (χ1) is 16.1. The summed E-state index contributed by atoms with van der Waals surface area (Å²) in [6.07, 6.45) is 1.64. The van der Waals surface area contributed by atoms with Crippen LogP contribution in [0.2, 0.25) is 0 Å². The molecule has 3 N–H and O–H groups in total. The summed E-state index contributed by atoms with van der Waals surface area (Å²) in [5.74, 6) is 0.626. The van der Waals surface area contributed by atoms with Crippen LogP contribution in [0.15, 0.2) is 63.2 Å². The molecule has 1 atom stereocenters. The van der Waals surface area contributed by atoms with E-state index in [0.29, 0.717) is 18.8 Å². The Morgan fingerprint density at radius 3 is 2.59 bits per heavy atom. The van der Waals surface area contributed by atoms with Crippen LogP contribution in [-0.2, 0) is 14.8 Å². The van der Waals surface area contributed by atoms with Crippen molar-refractivity contribution < 1.29 is 26.3 Å². The van der Waals surface area contributed by atoms with Gasteiger partial charge in [-0.3, -0.25) is 0 Å². The molecule has 1 heterocycles. The fourth-order valence-electron chi connectivity index (χ4n) is 3.50. The molecule has 0 unspecified atom stereocenters. The molecule has 1 fully saturated rings. The number of anilines is 1. The first kappa shape index (κ1) is 27.2. The molecule has 1 aliphatic rings. The van der Waals surface area contributed by atoms with Gasteiger partial charge >= 0.3 is 5.51 Å². The number of halogens is 3. The van der Waals surface area contributed by atoms with Crippen molar-refractivity contribution in [3.8, 4) is 0 Å². The summed E-state index contributed by atoms with van der Waals surface area (Å²) in [6, 6.07) is 13.2. The average Bonchev–Trinajstić information content (AvgIpc) is 3.04. The molecule has 34 heavy (non-hydrogen) atoms. The zero-order valence-electron chi connectivity index (χ0n) is 18.5. The summed E-state index contributed by atoms with van der Waals surface area (Å²) in [4.78, 5) is 2.78. The van der Waals surface area contributed by atoms with Crippen LogP contribution < -0.4 is 10.5 Å². The second kappa shape index (κ2) is 12.5. The van der Waals surface area contributed by atoms with Gasteiger partial charge < -0.3 is 15.0 Å². The Morgan fingerprint density at radius 1 is 1.12 bits per heavy atom. The van der Waals surface area contributed by atoms with E-state index in [0.717, 1.165) is 43.6 Å². The molecule has 0 aromatic heterocycles. The zero-order valence-corrected chi connectivity index (χ0v) is 20.9. The summed E-state index contributed by atoms with van der Waals surface area (Å²) in [5, 5.41) is 8.38. The van der Waals surface area contributed by atoms with Crippen molar-refractivity contribution in [2.24, 2.45) is 5.14 Å². The third kappa shape index (κ3) is 9.31. The Balaban J connectivity index is 1.79. The van der Waals surface area contributed by atoms with Gasteiger partial charge in [-0.1, -0.05) is 18.2 Å². The molecular formula is C22H28F3N3O3S3. The highest BCUT2D eigenvalue weighted by molar-refractivity contribution is 8.00. The lowest BCUT2D eigenvalue weighted by molar-refractivity contribution is -0.0328. The van der Waals surface area contributed by atoms with E-state index < -0.39 is 15.5 Å². The van der Waals surface area contributed by atoms with E-state index in [4.69, 9.17) is 9.88 Å². The van der Waals surface area contributed by atoms with Gasteiger partial charge in [0.05, 0.1) is 11.5 Å². The van der Waals surface area contributed by atoms with Gasteiger partial charge in [0.2, 0.25) is 10.0 Å². The predicted octanol–water partition coefficient (Wildman–Crippen LogP) is 4.63. The lowest BCUT2D eigenvalue weighted by Crippen LogP contribution is -2.33. The monoisotopic (exact) mass is 535 g/mol. The molecule has 188 valence electrons. The van der Waals surface area contributed by atoms with Crippen LogP contribution >= 0.6 is 23.5 Å². The molecule has 0 radical (unpaired) electrons. The van der Waals surface area contributed by atoms with Gasteiger partial charge in [0.25, 0.3) is 0 Å². The minimum Gasteiger partial charge on any atom is -0.381 e. The molecule has 1 saturated heterocycles. The number of primary sulfonamides is 1. The largest absolute Gasteiger partial charge is 0.446 e. The fourth-order valence-corrected chi connectivity index (χ4v) is 5.78. The topological polar surface area (TPSA) is 84.7 Å². The van der Waals surface area contributed by atoms with E-state index in [1.54, 1.807) is 11.8 Å². The summed E-state index contributed by atoms with van der Waals surface area (Å²) in [7, 11) is -4.13. The van der Waals surface area contributed by atoms with E-state index in [1.807, 2.05) is 30.3 Å². The quantitative estimate of drug-likeness (QED) is 0.429. The van der Waals surface area contributed by atoms with E-state index in [9.17, 15) is 21.6 Å². The molecule has 6 nitrogen and oxygen atoms in total. The van der Waals surface area contributed by atoms with Gasteiger partial charge in [-0.15, -0.1) is 11.8 Å². The number of nitrogens with zero attached hydrogens (tertiary/aromatic N) is 1. The second-order valence-corrected chi connectivity index (χ2v) is 11.6. The molecule has 2 aromatic carbocycles. The van der Waals surface area contributed by atoms with Crippen LogP contribution in [0.25, 0.3) is 0 Å². The standard InChI is InChI=1S/C22H28F3N3O3S3/c23-22(24,25)33-21-15-19(34(26,29)30)7-8-20(21)27-17(16-32-18-5-2-1-3-6-18)9-11-28-10-4-13-31-14-12-28/h1-3,5-8,15,17,27H,4,9-14,16H2,(H2,26,29,30)/t17-/m1/s1. The molecule has 0 amide bonds. The lowest BCUT2D eigenvalue weighted by atomic mass is 10.2. The molecule has 12 heteroatoms. The average molecular weight is 536 g/mol. The van der Waals surface area contributed by atoms with Crippen molar-refractivity contribution in [3.63, 3.8) is 0 Å². The fraction of sp³-hybridized carbons (Fsp3) is 0.455. The minimum absolute atomic E-state index is 0.151. The Labute approximate surface area is 206 Å². The number of nitrogens with two attached hydrogens (primary N) is 1. The SMILES string of the molecule is NS(=O)(=O)c1ccc(N[C@H](CCN2CCCOCC2)CSc2ccccc2)c(SC(F)(F)F)c1. The van der Waals surface area contributed by atoms with Crippen LogP contribution in [0.1, 0.15) is 12.8 Å². The number of hydrogen-bond donors (Lipinski definition) is 2. The molecule has 0 saturated carbocycles. The van der Waals surface area contributed by atoms with Crippen molar-refractivity contribution in [3.05, 3.63) is 48.5 Å². The van der Waals surface area contributed by atoms with E-state index in [1.165, 1.54) is 12.1 Å². The number of hydrogen-bond acceptors (Lipinski definition) is 7. The van der Waals surface area contributed by atoms with Gasteiger partial charge in [0.15, 0.2) is 0 Å². The number of sulfonamides is 1. The van der Waals surface area contributed by atoms with Gasteiger partial charge in [-0.05, 0) is 54.9 Å².